The molecule has 2 aliphatic heterocycles. The van der Waals surface area contributed by atoms with E-state index in [0.29, 0.717) is 37.3 Å². The number of carbonyl (C=O) groups excluding carboxylic acids is 2. The molecule has 3 aromatic rings. The maximum absolute atomic E-state index is 13.5. The van der Waals surface area contributed by atoms with Crippen LogP contribution in [0.15, 0.2) is 24.3 Å². The number of pyridine rings is 1. The van der Waals surface area contributed by atoms with Crippen LogP contribution in [0.1, 0.15) is 51.5 Å². The highest BCUT2D eigenvalue weighted by atomic mass is 35.5. The van der Waals surface area contributed by atoms with Crippen LogP contribution in [0.2, 0.25) is 5.02 Å². The molecule has 1 fully saturated rings. The van der Waals surface area contributed by atoms with Gasteiger partial charge in [0.2, 0.25) is 0 Å². The van der Waals surface area contributed by atoms with Gasteiger partial charge in [0.1, 0.15) is 17.2 Å². The minimum absolute atomic E-state index is 0.0905. The lowest BCUT2D eigenvalue weighted by atomic mass is 10.1. The molecule has 7 nitrogen and oxygen atoms in total. The number of piperazine rings is 1. The second-order valence-corrected chi connectivity index (χ2v) is 9.09. The number of aryl methyl sites for hydroxylation is 3. The zero-order chi connectivity index (χ0) is 23.1. The maximum Gasteiger partial charge on any atom is 0.256 e. The average molecular weight is 470 g/mol. The molecule has 0 radical (unpaired) electrons. The lowest BCUT2D eigenvalue weighted by Gasteiger charge is -2.35. The zero-order valence-electron chi connectivity index (χ0n) is 18.5. The van der Waals surface area contributed by atoms with Gasteiger partial charge in [-0.1, -0.05) is 18.0 Å². The largest absolute Gasteiger partial charge is 0.335 e. The third kappa shape index (κ3) is 4.08. The van der Waals surface area contributed by atoms with Gasteiger partial charge in [-0.3, -0.25) is 9.59 Å². The highest BCUT2D eigenvalue weighted by molar-refractivity contribution is 6.33. The SMILES string of the molecule is Cc1cc(C(=O)N2CCN(C(=O)c3ccc(F)cc3Cl)CC2)c2nc3n(c2n1)CCCCC3. The molecule has 0 unspecified atom stereocenters. The Morgan fingerprint density at radius 3 is 2.30 bits per heavy atom. The van der Waals surface area contributed by atoms with Crippen LogP contribution in [0.4, 0.5) is 4.39 Å². The Kier molecular flexibility index (Phi) is 5.78. The van der Waals surface area contributed by atoms with Crippen molar-refractivity contribution in [3.8, 4) is 0 Å². The maximum atomic E-state index is 13.5. The van der Waals surface area contributed by atoms with Crippen LogP contribution in [-0.2, 0) is 13.0 Å². The summed E-state index contributed by atoms with van der Waals surface area (Å²) < 4.78 is 15.5. The Labute approximate surface area is 196 Å². The normalized spacial score (nSPS) is 16.6. The number of carbonyl (C=O) groups is 2. The second-order valence-electron chi connectivity index (χ2n) is 8.68. The first kappa shape index (κ1) is 21.8. The monoisotopic (exact) mass is 469 g/mol. The highest BCUT2D eigenvalue weighted by Crippen LogP contribution is 2.26. The van der Waals surface area contributed by atoms with E-state index in [9.17, 15) is 14.0 Å². The molecule has 0 spiro atoms. The summed E-state index contributed by atoms with van der Waals surface area (Å²) in [5, 5.41) is 0.0905. The van der Waals surface area contributed by atoms with Crippen molar-refractivity contribution < 1.29 is 14.0 Å². The van der Waals surface area contributed by atoms with Gasteiger partial charge in [0.15, 0.2) is 5.65 Å². The van der Waals surface area contributed by atoms with E-state index in [1.165, 1.54) is 18.6 Å². The molecule has 1 saturated heterocycles. The van der Waals surface area contributed by atoms with E-state index in [-0.39, 0.29) is 22.4 Å². The van der Waals surface area contributed by atoms with Crippen LogP contribution < -0.4 is 0 Å². The number of rotatable bonds is 2. The Balaban J connectivity index is 1.35. The predicted octanol–water partition coefficient (Wildman–Crippen LogP) is 3.86. The molecule has 2 amide bonds. The van der Waals surface area contributed by atoms with Crippen molar-refractivity contribution >= 4 is 34.6 Å². The number of benzene rings is 1. The molecular weight excluding hydrogens is 445 g/mol. The van der Waals surface area contributed by atoms with Gasteiger partial charge in [-0.15, -0.1) is 0 Å². The first-order valence-electron chi connectivity index (χ1n) is 11.3. The molecule has 33 heavy (non-hydrogen) atoms. The minimum Gasteiger partial charge on any atom is -0.335 e. The van der Waals surface area contributed by atoms with Crippen LogP contribution in [0.5, 0.6) is 0 Å². The molecule has 0 aliphatic carbocycles. The Morgan fingerprint density at radius 1 is 0.909 bits per heavy atom. The summed E-state index contributed by atoms with van der Waals surface area (Å²) in [6.07, 6.45) is 4.26. The van der Waals surface area contributed by atoms with Gasteiger partial charge in [-0.2, -0.15) is 0 Å². The fraction of sp³-hybridized carbons (Fsp3) is 0.417. The summed E-state index contributed by atoms with van der Waals surface area (Å²) in [5.41, 5.74) is 3.08. The van der Waals surface area contributed by atoms with Crippen molar-refractivity contribution in [3.63, 3.8) is 0 Å². The molecule has 0 bridgehead atoms. The van der Waals surface area contributed by atoms with Crippen molar-refractivity contribution in [1.29, 1.82) is 0 Å². The fourth-order valence-corrected chi connectivity index (χ4v) is 4.94. The first-order chi connectivity index (χ1) is 15.9. The van der Waals surface area contributed by atoms with Gasteiger partial charge in [-0.25, -0.2) is 14.4 Å². The van der Waals surface area contributed by atoms with Crippen LogP contribution in [0, 0.1) is 12.7 Å². The first-order valence-corrected chi connectivity index (χ1v) is 11.7. The van der Waals surface area contributed by atoms with Gasteiger partial charge in [0, 0.05) is 44.8 Å². The van der Waals surface area contributed by atoms with Gasteiger partial charge in [-0.05, 0) is 44.0 Å². The van der Waals surface area contributed by atoms with E-state index in [4.69, 9.17) is 21.6 Å². The van der Waals surface area contributed by atoms with Gasteiger partial charge in [0.05, 0.1) is 16.1 Å². The highest BCUT2D eigenvalue weighted by Gasteiger charge is 2.29. The minimum atomic E-state index is -0.484. The zero-order valence-corrected chi connectivity index (χ0v) is 19.2. The Morgan fingerprint density at radius 2 is 1.61 bits per heavy atom. The van der Waals surface area contributed by atoms with E-state index in [1.807, 2.05) is 13.0 Å². The van der Waals surface area contributed by atoms with E-state index < -0.39 is 5.82 Å². The van der Waals surface area contributed by atoms with E-state index in [2.05, 4.69) is 4.57 Å². The standard InChI is InChI=1S/C24H25ClFN5O2/c1-15-13-18(21-22(27-15)31-8-4-2-3-5-20(31)28-21)24(33)30-11-9-29(10-12-30)23(32)17-7-6-16(26)14-19(17)25/h6-7,13-14H,2-5,8-12H2,1H3. The van der Waals surface area contributed by atoms with Crippen LogP contribution in [0.3, 0.4) is 0 Å². The number of amides is 2. The van der Waals surface area contributed by atoms with Crippen LogP contribution in [-0.4, -0.2) is 62.3 Å². The Hall–Kier alpha value is -3.00. The summed E-state index contributed by atoms with van der Waals surface area (Å²) in [7, 11) is 0. The molecule has 1 aromatic carbocycles. The molecule has 0 saturated carbocycles. The number of hydrogen-bond donors (Lipinski definition) is 0. The average Bonchev–Trinajstić information content (AvgIpc) is 2.98. The molecule has 2 aromatic heterocycles. The molecule has 0 atom stereocenters. The third-order valence-corrected chi connectivity index (χ3v) is 6.75. The van der Waals surface area contributed by atoms with Crippen LogP contribution >= 0.6 is 11.6 Å². The number of imidazole rings is 1. The molecule has 0 N–H and O–H groups in total. The summed E-state index contributed by atoms with van der Waals surface area (Å²) in [4.78, 5) is 39.2. The van der Waals surface area contributed by atoms with Crippen molar-refractivity contribution in [2.24, 2.45) is 0 Å². The van der Waals surface area contributed by atoms with E-state index in [0.717, 1.165) is 49.0 Å². The van der Waals surface area contributed by atoms with Gasteiger partial charge < -0.3 is 14.4 Å². The van der Waals surface area contributed by atoms with Crippen LogP contribution in [0.25, 0.3) is 11.2 Å². The quantitative estimate of drug-likeness (QED) is 0.571. The summed E-state index contributed by atoms with van der Waals surface area (Å²) >= 11 is 6.06. The summed E-state index contributed by atoms with van der Waals surface area (Å²) in [5.74, 6) is 0.168. The summed E-state index contributed by atoms with van der Waals surface area (Å²) in [6.45, 7) is 4.34. The topological polar surface area (TPSA) is 71.3 Å². The van der Waals surface area contributed by atoms with Crippen molar-refractivity contribution in [3.05, 3.63) is 57.8 Å². The molecule has 172 valence electrons. The molecule has 5 rings (SSSR count). The molecular formula is C24H25ClFN5O2. The predicted molar refractivity (Wildman–Crippen MR) is 123 cm³/mol. The number of hydrogen-bond acceptors (Lipinski definition) is 4. The number of aromatic nitrogens is 3. The fourth-order valence-electron chi connectivity index (χ4n) is 4.69. The van der Waals surface area contributed by atoms with E-state index >= 15 is 0 Å². The van der Waals surface area contributed by atoms with E-state index in [1.54, 1.807) is 9.80 Å². The third-order valence-electron chi connectivity index (χ3n) is 6.44. The van der Waals surface area contributed by atoms with Crippen molar-refractivity contribution in [1.82, 2.24) is 24.3 Å². The molecule has 2 aliphatic rings. The Bertz CT molecular complexity index is 1250. The van der Waals surface area contributed by atoms with Gasteiger partial charge >= 0.3 is 0 Å². The lowest BCUT2D eigenvalue weighted by Crippen LogP contribution is -2.50. The molecule has 4 heterocycles. The lowest BCUT2D eigenvalue weighted by molar-refractivity contribution is 0.0536. The second kappa shape index (κ2) is 8.74. The van der Waals surface area contributed by atoms with Crippen molar-refractivity contribution in [2.75, 3.05) is 26.2 Å². The number of fused-ring (bicyclic) bond motifs is 3. The van der Waals surface area contributed by atoms with Gasteiger partial charge in [0.25, 0.3) is 11.8 Å². The molecule has 9 heteroatoms. The van der Waals surface area contributed by atoms with Crippen molar-refractivity contribution in [2.45, 2.75) is 39.2 Å². The number of halogens is 2. The summed E-state index contributed by atoms with van der Waals surface area (Å²) in [6, 6.07) is 5.57. The number of nitrogens with zero attached hydrogens (tertiary/aromatic N) is 5. The smallest absolute Gasteiger partial charge is 0.256 e.